The van der Waals surface area contributed by atoms with Crippen molar-refractivity contribution in [2.75, 3.05) is 5.73 Å². The van der Waals surface area contributed by atoms with Crippen LogP contribution in [0.4, 0.5) is 5.69 Å². The van der Waals surface area contributed by atoms with Gasteiger partial charge in [0.15, 0.2) is 0 Å². The Morgan fingerprint density at radius 2 is 2.42 bits per heavy atom. The summed E-state index contributed by atoms with van der Waals surface area (Å²) in [5.41, 5.74) is 6.52. The van der Waals surface area contributed by atoms with Crippen LogP contribution in [0.15, 0.2) is 12.3 Å². The summed E-state index contributed by atoms with van der Waals surface area (Å²) in [6, 6.07) is 3.65. The zero-order valence-corrected chi connectivity index (χ0v) is 7.34. The van der Waals surface area contributed by atoms with Gasteiger partial charge in [0, 0.05) is 0 Å². The summed E-state index contributed by atoms with van der Waals surface area (Å²) in [6.07, 6.45) is 1.50. The maximum Gasteiger partial charge on any atom is 0.0871 e. The molecule has 0 fully saturated rings. The van der Waals surface area contributed by atoms with Crippen molar-refractivity contribution in [2.45, 2.75) is 12.8 Å². The highest BCUT2D eigenvalue weighted by Gasteiger charge is 2.09. The smallest absolute Gasteiger partial charge is 0.0871 e. The molecule has 4 heteroatoms. The van der Waals surface area contributed by atoms with Crippen LogP contribution in [0.25, 0.3) is 0 Å². The summed E-state index contributed by atoms with van der Waals surface area (Å²) >= 11 is 5.81. The molecular weight excluding hydrogens is 174 g/mol. The van der Waals surface area contributed by atoms with Crippen molar-refractivity contribution in [3.05, 3.63) is 23.0 Å². The predicted molar refractivity (Wildman–Crippen MR) is 47.7 cm³/mol. The molecule has 1 atom stereocenters. The highest BCUT2D eigenvalue weighted by Crippen LogP contribution is 2.22. The average molecular weight is 182 g/mol. The Morgan fingerprint density at radius 3 is 2.92 bits per heavy atom. The largest absolute Gasteiger partial charge is 0.397 e. The van der Waals surface area contributed by atoms with Crippen molar-refractivity contribution in [1.29, 1.82) is 5.26 Å². The molecule has 0 radical (unpaired) electrons. The standard InChI is InChI=1S/C8H8ClN3/c1-5(3-10)8-7(9)2-6(11)4-12-8/h2,4-5H,11H2,1H3/t5-/m1/s1. The number of anilines is 1. The van der Waals surface area contributed by atoms with E-state index in [1.807, 2.05) is 0 Å². The van der Waals surface area contributed by atoms with E-state index in [1.54, 1.807) is 13.0 Å². The first-order valence-corrected chi connectivity index (χ1v) is 3.83. The number of rotatable bonds is 1. The second-order valence-electron chi connectivity index (χ2n) is 2.49. The third-order valence-electron chi connectivity index (χ3n) is 1.49. The van der Waals surface area contributed by atoms with Crippen LogP contribution in [0.5, 0.6) is 0 Å². The van der Waals surface area contributed by atoms with Crippen molar-refractivity contribution < 1.29 is 0 Å². The van der Waals surface area contributed by atoms with E-state index < -0.39 is 0 Å². The second kappa shape index (κ2) is 3.42. The van der Waals surface area contributed by atoms with Crippen LogP contribution in [-0.4, -0.2) is 4.98 Å². The molecule has 62 valence electrons. The van der Waals surface area contributed by atoms with Gasteiger partial charge in [-0.15, -0.1) is 0 Å². The quantitative estimate of drug-likeness (QED) is 0.720. The van der Waals surface area contributed by atoms with Gasteiger partial charge in [0.25, 0.3) is 0 Å². The molecule has 1 aromatic rings. The lowest BCUT2D eigenvalue weighted by Gasteiger charge is -2.04. The van der Waals surface area contributed by atoms with Gasteiger partial charge in [0.05, 0.1) is 34.6 Å². The molecule has 0 saturated heterocycles. The van der Waals surface area contributed by atoms with E-state index in [-0.39, 0.29) is 5.92 Å². The number of hydrogen-bond acceptors (Lipinski definition) is 3. The lowest BCUT2D eigenvalue weighted by atomic mass is 10.1. The zero-order chi connectivity index (χ0) is 9.14. The van der Waals surface area contributed by atoms with Crippen LogP contribution >= 0.6 is 11.6 Å². The van der Waals surface area contributed by atoms with Gasteiger partial charge in [-0.25, -0.2) is 0 Å². The number of pyridine rings is 1. The first kappa shape index (κ1) is 8.82. The molecule has 0 aromatic carbocycles. The SMILES string of the molecule is C[C@H](C#N)c1ncc(N)cc1Cl. The molecular formula is C8H8ClN3. The fourth-order valence-corrected chi connectivity index (χ4v) is 1.18. The van der Waals surface area contributed by atoms with Crippen molar-refractivity contribution >= 4 is 17.3 Å². The minimum Gasteiger partial charge on any atom is -0.397 e. The van der Waals surface area contributed by atoms with Gasteiger partial charge in [0.1, 0.15) is 0 Å². The lowest BCUT2D eigenvalue weighted by Crippen LogP contribution is -1.97. The van der Waals surface area contributed by atoms with Crippen LogP contribution < -0.4 is 5.73 Å². The predicted octanol–water partition coefficient (Wildman–Crippen LogP) is 1.94. The topological polar surface area (TPSA) is 62.7 Å². The molecule has 0 bridgehead atoms. The molecule has 0 aliphatic rings. The van der Waals surface area contributed by atoms with Crippen molar-refractivity contribution in [3.8, 4) is 6.07 Å². The van der Waals surface area contributed by atoms with Crippen molar-refractivity contribution in [1.82, 2.24) is 4.98 Å². The Balaban J connectivity index is 3.11. The van der Waals surface area contributed by atoms with E-state index in [2.05, 4.69) is 11.1 Å². The van der Waals surface area contributed by atoms with E-state index in [0.717, 1.165) is 0 Å². The first-order valence-electron chi connectivity index (χ1n) is 3.45. The van der Waals surface area contributed by atoms with E-state index in [4.69, 9.17) is 22.6 Å². The normalized spacial score (nSPS) is 12.1. The summed E-state index contributed by atoms with van der Waals surface area (Å²) in [5, 5.41) is 9.05. The second-order valence-corrected chi connectivity index (χ2v) is 2.89. The van der Waals surface area contributed by atoms with Crippen molar-refractivity contribution in [2.24, 2.45) is 0 Å². The zero-order valence-electron chi connectivity index (χ0n) is 6.58. The van der Waals surface area contributed by atoms with E-state index in [0.29, 0.717) is 16.4 Å². The summed E-state index contributed by atoms with van der Waals surface area (Å²) in [5.74, 6) is -0.293. The minimum atomic E-state index is -0.293. The number of nitrogens with two attached hydrogens (primary N) is 1. The van der Waals surface area contributed by atoms with E-state index >= 15 is 0 Å². The first-order chi connectivity index (χ1) is 5.65. The van der Waals surface area contributed by atoms with Gasteiger partial charge in [-0.1, -0.05) is 11.6 Å². The number of hydrogen-bond donors (Lipinski definition) is 1. The molecule has 0 saturated carbocycles. The molecule has 0 amide bonds. The Bertz CT molecular complexity index is 330. The molecule has 3 nitrogen and oxygen atoms in total. The highest BCUT2D eigenvalue weighted by atomic mass is 35.5. The Hall–Kier alpha value is -1.27. The Kier molecular flexibility index (Phi) is 2.51. The minimum absolute atomic E-state index is 0.293. The molecule has 0 unspecified atom stereocenters. The van der Waals surface area contributed by atoms with Gasteiger partial charge in [-0.3, -0.25) is 4.98 Å². The fraction of sp³-hybridized carbons (Fsp3) is 0.250. The average Bonchev–Trinajstić information content (AvgIpc) is 2.03. The molecule has 0 spiro atoms. The van der Waals surface area contributed by atoms with Gasteiger partial charge in [-0.2, -0.15) is 5.26 Å². The van der Waals surface area contributed by atoms with Crippen LogP contribution in [0, 0.1) is 11.3 Å². The van der Waals surface area contributed by atoms with Crippen LogP contribution in [0.3, 0.4) is 0 Å². The van der Waals surface area contributed by atoms with Crippen LogP contribution in [0.1, 0.15) is 18.5 Å². The van der Waals surface area contributed by atoms with E-state index in [9.17, 15) is 0 Å². The summed E-state index contributed by atoms with van der Waals surface area (Å²) < 4.78 is 0. The third kappa shape index (κ3) is 1.66. The summed E-state index contributed by atoms with van der Waals surface area (Å²) in [4.78, 5) is 3.97. The Labute approximate surface area is 75.8 Å². The molecule has 0 aliphatic heterocycles. The summed E-state index contributed by atoms with van der Waals surface area (Å²) in [7, 11) is 0. The monoisotopic (exact) mass is 181 g/mol. The highest BCUT2D eigenvalue weighted by molar-refractivity contribution is 6.31. The number of nitriles is 1. The number of nitrogen functional groups attached to an aromatic ring is 1. The number of halogens is 1. The number of aromatic nitrogens is 1. The van der Waals surface area contributed by atoms with E-state index in [1.165, 1.54) is 6.20 Å². The van der Waals surface area contributed by atoms with Gasteiger partial charge < -0.3 is 5.73 Å². The van der Waals surface area contributed by atoms with Crippen LogP contribution in [-0.2, 0) is 0 Å². The maximum absolute atomic E-state index is 8.60. The Morgan fingerprint density at radius 1 is 1.75 bits per heavy atom. The lowest BCUT2D eigenvalue weighted by molar-refractivity contribution is 0.921. The van der Waals surface area contributed by atoms with Crippen molar-refractivity contribution in [3.63, 3.8) is 0 Å². The molecule has 1 heterocycles. The van der Waals surface area contributed by atoms with Crippen LogP contribution in [0.2, 0.25) is 5.02 Å². The van der Waals surface area contributed by atoms with Gasteiger partial charge in [0.2, 0.25) is 0 Å². The molecule has 12 heavy (non-hydrogen) atoms. The third-order valence-corrected chi connectivity index (χ3v) is 1.80. The molecule has 1 aromatic heterocycles. The number of nitrogens with zero attached hydrogens (tertiary/aromatic N) is 2. The summed E-state index contributed by atoms with van der Waals surface area (Å²) in [6.45, 7) is 1.74. The molecule has 0 aliphatic carbocycles. The van der Waals surface area contributed by atoms with Gasteiger partial charge >= 0.3 is 0 Å². The fourth-order valence-electron chi connectivity index (χ4n) is 0.843. The maximum atomic E-state index is 8.60. The molecule has 1 rings (SSSR count). The molecule has 2 N–H and O–H groups in total. The van der Waals surface area contributed by atoms with Gasteiger partial charge in [-0.05, 0) is 13.0 Å².